The number of amidine groups is 1. The Hall–Kier alpha value is -2.49. The lowest BCUT2D eigenvalue weighted by molar-refractivity contribution is -0.115. The first-order chi connectivity index (χ1) is 16.9. The van der Waals surface area contributed by atoms with Gasteiger partial charge >= 0.3 is 0 Å². The summed E-state index contributed by atoms with van der Waals surface area (Å²) in [6.07, 6.45) is 2.75. The number of carbonyl (C=O) groups is 1. The van der Waals surface area contributed by atoms with E-state index in [1.807, 2.05) is 61.5 Å². The van der Waals surface area contributed by atoms with Crippen LogP contribution in [0.5, 0.6) is 11.5 Å². The minimum atomic E-state index is -0.202. The number of hydrogen-bond donors (Lipinski definition) is 1. The maximum atomic E-state index is 12.6. The van der Waals surface area contributed by atoms with Gasteiger partial charge in [0.05, 0.1) is 22.2 Å². The van der Waals surface area contributed by atoms with Crippen LogP contribution in [0, 0.1) is 3.57 Å². The largest absolute Gasteiger partial charge is 0.490 e. The van der Waals surface area contributed by atoms with Crippen molar-refractivity contribution >= 4 is 68.8 Å². The highest BCUT2D eigenvalue weighted by atomic mass is 127. The second kappa shape index (κ2) is 12.0. The van der Waals surface area contributed by atoms with Gasteiger partial charge in [0, 0.05) is 3.57 Å². The molecule has 3 aromatic rings. The van der Waals surface area contributed by atoms with Gasteiger partial charge in [0.2, 0.25) is 0 Å². The van der Waals surface area contributed by atoms with Gasteiger partial charge in [-0.25, -0.2) is 4.99 Å². The van der Waals surface area contributed by atoms with E-state index in [1.165, 1.54) is 17.3 Å². The monoisotopic (exact) mass is 618 g/mol. The topological polar surface area (TPSA) is 59.9 Å². The van der Waals surface area contributed by atoms with Gasteiger partial charge < -0.3 is 14.8 Å². The van der Waals surface area contributed by atoms with E-state index in [9.17, 15) is 4.79 Å². The van der Waals surface area contributed by atoms with Crippen molar-refractivity contribution in [1.29, 1.82) is 0 Å². The van der Waals surface area contributed by atoms with Gasteiger partial charge in [-0.2, -0.15) is 0 Å². The number of rotatable bonds is 8. The number of halogens is 2. The molecule has 1 amide bonds. The Bertz CT molecular complexity index is 1270. The molecule has 0 spiro atoms. The van der Waals surface area contributed by atoms with E-state index in [-0.39, 0.29) is 5.91 Å². The van der Waals surface area contributed by atoms with Crippen LogP contribution >= 0.6 is 46.0 Å². The zero-order valence-corrected chi connectivity index (χ0v) is 23.0. The van der Waals surface area contributed by atoms with E-state index in [0.717, 1.165) is 26.8 Å². The van der Waals surface area contributed by atoms with Crippen molar-refractivity contribution < 1.29 is 14.3 Å². The number of thioether (sulfide) groups is 1. The van der Waals surface area contributed by atoms with Crippen LogP contribution < -0.4 is 14.8 Å². The number of ether oxygens (including phenoxy) is 2. The zero-order valence-electron chi connectivity index (χ0n) is 19.3. The molecule has 8 heteroatoms. The summed E-state index contributed by atoms with van der Waals surface area (Å²) in [5.74, 6) is 0.813. The molecule has 3 aromatic carbocycles. The maximum Gasteiger partial charge on any atom is 0.264 e. The first-order valence-corrected chi connectivity index (χ1v) is 13.4. The molecule has 0 aromatic heterocycles. The van der Waals surface area contributed by atoms with Crippen LogP contribution in [0.15, 0.2) is 70.6 Å². The summed E-state index contributed by atoms with van der Waals surface area (Å²) in [4.78, 5) is 17.6. The van der Waals surface area contributed by atoms with Crippen LogP contribution in [-0.2, 0) is 17.8 Å². The van der Waals surface area contributed by atoms with Crippen LogP contribution in [0.3, 0.4) is 0 Å². The van der Waals surface area contributed by atoms with Crippen molar-refractivity contribution in [1.82, 2.24) is 5.32 Å². The third-order valence-corrected chi connectivity index (χ3v) is 7.06. The third-order valence-electron chi connectivity index (χ3n) is 5.15. The van der Waals surface area contributed by atoms with Crippen LogP contribution in [0.4, 0.5) is 5.69 Å². The molecule has 0 bridgehead atoms. The Labute approximate surface area is 228 Å². The quantitative estimate of drug-likeness (QED) is 0.212. The molecule has 1 heterocycles. The molecule has 5 nitrogen and oxygen atoms in total. The summed E-state index contributed by atoms with van der Waals surface area (Å²) in [6.45, 7) is 4.84. The first kappa shape index (κ1) is 25.6. The average molecular weight is 619 g/mol. The van der Waals surface area contributed by atoms with Crippen molar-refractivity contribution in [2.45, 2.75) is 26.9 Å². The number of carbonyl (C=O) groups excluding carboxylic acids is 1. The maximum absolute atomic E-state index is 12.6. The van der Waals surface area contributed by atoms with E-state index in [0.29, 0.717) is 39.8 Å². The van der Waals surface area contributed by atoms with Crippen molar-refractivity contribution in [3.8, 4) is 11.5 Å². The highest BCUT2D eigenvalue weighted by Gasteiger charge is 2.24. The molecule has 35 heavy (non-hydrogen) atoms. The van der Waals surface area contributed by atoms with Crippen molar-refractivity contribution in [3.63, 3.8) is 0 Å². The molecule has 0 radical (unpaired) electrons. The first-order valence-electron chi connectivity index (χ1n) is 11.2. The summed E-state index contributed by atoms with van der Waals surface area (Å²) < 4.78 is 13.0. The number of hydrogen-bond acceptors (Lipinski definition) is 5. The fourth-order valence-electron chi connectivity index (χ4n) is 3.37. The summed E-state index contributed by atoms with van der Waals surface area (Å²) in [6, 6.07) is 19.7. The second-order valence-corrected chi connectivity index (χ2v) is 10.4. The Morgan fingerprint density at radius 2 is 1.74 bits per heavy atom. The van der Waals surface area contributed by atoms with Gasteiger partial charge in [-0.1, -0.05) is 42.8 Å². The van der Waals surface area contributed by atoms with Crippen molar-refractivity contribution in [2.75, 3.05) is 6.61 Å². The Morgan fingerprint density at radius 1 is 1.03 bits per heavy atom. The van der Waals surface area contributed by atoms with Crippen molar-refractivity contribution in [3.05, 3.63) is 90.9 Å². The minimum absolute atomic E-state index is 0.202. The molecule has 180 valence electrons. The van der Waals surface area contributed by atoms with Gasteiger partial charge in [-0.15, -0.1) is 0 Å². The van der Waals surface area contributed by atoms with Crippen LogP contribution in [0.2, 0.25) is 5.02 Å². The predicted octanol–water partition coefficient (Wildman–Crippen LogP) is 7.38. The van der Waals surface area contributed by atoms with Gasteiger partial charge in [0.25, 0.3) is 5.91 Å². The highest BCUT2D eigenvalue weighted by Crippen LogP contribution is 2.39. The van der Waals surface area contributed by atoms with E-state index >= 15 is 0 Å². The molecule has 0 saturated carbocycles. The summed E-state index contributed by atoms with van der Waals surface area (Å²) >= 11 is 10.1. The highest BCUT2D eigenvalue weighted by molar-refractivity contribution is 14.1. The number of amides is 1. The summed E-state index contributed by atoms with van der Waals surface area (Å²) in [7, 11) is 0. The Morgan fingerprint density at radius 3 is 2.43 bits per heavy atom. The zero-order chi connectivity index (χ0) is 24.8. The summed E-state index contributed by atoms with van der Waals surface area (Å²) in [5, 5.41) is 3.78. The molecule has 1 N–H and O–H groups in total. The fourth-order valence-corrected chi connectivity index (χ4v) is 4.84. The number of benzene rings is 3. The van der Waals surface area contributed by atoms with Crippen LogP contribution in [-0.4, -0.2) is 17.7 Å². The number of aryl methyl sites for hydroxylation is 1. The van der Waals surface area contributed by atoms with E-state index < -0.39 is 0 Å². The van der Waals surface area contributed by atoms with E-state index in [2.05, 4.69) is 39.8 Å². The van der Waals surface area contributed by atoms with Crippen molar-refractivity contribution in [2.24, 2.45) is 4.99 Å². The lowest BCUT2D eigenvalue weighted by Crippen LogP contribution is -2.19. The van der Waals surface area contributed by atoms with Gasteiger partial charge in [-0.05, 0) is 107 Å². The molecule has 0 unspecified atom stereocenters. The molecule has 4 rings (SSSR count). The molecule has 1 fully saturated rings. The minimum Gasteiger partial charge on any atom is -0.490 e. The fraction of sp³-hybridized carbons (Fsp3) is 0.185. The van der Waals surface area contributed by atoms with Gasteiger partial charge in [0.1, 0.15) is 6.61 Å². The lowest BCUT2D eigenvalue weighted by atomic mass is 10.1. The molecule has 1 saturated heterocycles. The number of nitrogens with one attached hydrogen (secondary N) is 1. The normalized spacial score (nSPS) is 15.5. The number of nitrogens with zero attached hydrogens (tertiary/aromatic N) is 1. The molecular weight excluding hydrogens is 595 g/mol. The standard InChI is InChI=1S/C27H24ClIN2O3S/c1-3-17-7-11-21(12-8-17)30-27-31-26(32)24(35-27)15-19-13-22(28)25(23(14-19)33-4-2)34-16-18-5-9-20(29)10-6-18/h5-15H,3-4,16H2,1-2H3,(H,30,31,32)/b24-15-. The SMILES string of the molecule is CCOc1cc(/C=C2\SC(=Nc3ccc(CC)cc3)NC2=O)cc(Cl)c1OCc1ccc(I)cc1. The molecule has 1 aliphatic rings. The van der Waals surface area contributed by atoms with E-state index in [1.54, 1.807) is 12.1 Å². The van der Waals surface area contributed by atoms with Gasteiger partial charge in [0.15, 0.2) is 16.7 Å². The molecule has 0 aliphatic carbocycles. The molecule has 1 aliphatic heterocycles. The smallest absolute Gasteiger partial charge is 0.264 e. The third kappa shape index (κ3) is 6.80. The summed E-state index contributed by atoms with van der Waals surface area (Å²) in [5.41, 5.74) is 3.81. The lowest BCUT2D eigenvalue weighted by Gasteiger charge is -2.15. The molecular formula is C27H24ClIN2O3S. The Kier molecular flexibility index (Phi) is 8.75. The van der Waals surface area contributed by atoms with Crippen LogP contribution in [0.1, 0.15) is 30.5 Å². The Balaban J connectivity index is 1.53. The van der Waals surface area contributed by atoms with Gasteiger partial charge in [-0.3, -0.25) is 4.79 Å². The average Bonchev–Trinajstić information content (AvgIpc) is 3.18. The predicted molar refractivity (Wildman–Crippen MR) is 153 cm³/mol. The second-order valence-electron chi connectivity index (χ2n) is 7.68. The molecule has 0 atom stereocenters. The van der Waals surface area contributed by atoms with E-state index in [4.69, 9.17) is 21.1 Å². The van der Waals surface area contributed by atoms with Crippen LogP contribution in [0.25, 0.3) is 6.08 Å². The number of aliphatic imine (C=N–C) groups is 1.